The standard InChI is InChI=1S/C16H24N2O/c1-16(2,9-8-13-6-4-3-5-7-13)18-12-14(11-17)10-15(18)19/h3-7,14H,8-12,17H2,1-2H3. The van der Waals surface area contributed by atoms with E-state index >= 15 is 0 Å². The zero-order valence-corrected chi connectivity index (χ0v) is 11.9. The topological polar surface area (TPSA) is 46.3 Å². The van der Waals surface area contributed by atoms with Gasteiger partial charge in [0.2, 0.25) is 5.91 Å². The Labute approximate surface area is 115 Å². The quantitative estimate of drug-likeness (QED) is 0.882. The molecule has 2 rings (SSSR count). The number of carbonyl (C=O) groups is 1. The van der Waals surface area contributed by atoms with E-state index in [4.69, 9.17) is 5.73 Å². The van der Waals surface area contributed by atoms with Crippen molar-refractivity contribution in [2.24, 2.45) is 11.7 Å². The number of hydrogen-bond donors (Lipinski definition) is 1. The van der Waals surface area contributed by atoms with Gasteiger partial charge in [-0.3, -0.25) is 4.79 Å². The summed E-state index contributed by atoms with van der Waals surface area (Å²) in [6.07, 6.45) is 2.61. The second-order valence-electron chi connectivity index (χ2n) is 6.11. The van der Waals surface area contributed by atoms with Gasteiger partial charge in [0.05, 0.1) is 0 Å². The van der Waals surface area contributed by atoms with Gasteiger partial charge in [-0.1, -0.05) is 30.3 Å². The maximum absolute atomic E-state index is 12.1. The van der Waals surface area contributed by atoms with E-state index in [2.05, 4.69) is 38.1 Å². The van der Waals surface area contributed by atoms with E-state index in [1.54, 1.807) is 0 Å². The lowest BCUT2D eigenvalue weighted by molar-refractivity contribution is -0.132. The molecule has 104 valence electrons. The largest absolute Gasteiger partial charge is 0.337 e. The summed E-state index contributed by atoms with van der Waals surface area (Å²) >= 11 is 0. The predicted molar refractivity (Wildman–Crippen MR) is 77.7 cm³/mol. The molecule has 0 aliphatic carbocycles. The SMILES string of the molecule is CC(C)(CCc1ccccc1)N1CC(CN)CC1=O. The van der Waals surface area contributed by atoms with Gasteiger partial charge in [0.25, 0.3) is 0 Å². The van der Waals surface area contributed by atoms with E-state index in [1.807, 2.05) is 11.0 Å². The molecule has 1 fully saturated rings. The van der Waals surface area contributed by atoms with Gasteiger partial charge in [0.1, 0.15) is 0 Å². The van der Waals surface area contributed by atoms with E-state index in [-0.39, 0.29) is 11.4 Å². The maximum atomic E-state index is 12.1. The molecule has 2 N–H and O–H groups in total. The van der Waals surface area contributed by atoms with Crippen molar-refractivity contribution in [1.29, 1.82) is 0 Å². The lowest BCUT2D eigenvalue weighted by atomic mass is 9.93. The Morgan fingerprint density at radius 3 is 2.58 bits per heavy atom. The van der Waals surface area contributed by atoms with E-state index in [1.165, 1.54) is 5.56 Å². The fourth-order valence-corrected chi connectivity index (χ4v) is 2.75. The van der Waals surface area contributed by atoms with Crippen molar-refractivity contribution in [3.05, 3.63) is 35.9 Å². The average Bonchev–Trinajstić information content (AvgIpc) is 2.80. The first-order valence-corrected chi connectivity index (χ1v) is 7.07. The Morgan fingerprint density at radius 2 is 2.00 bits per heavy atom. The number of amides is 1. The van der Waals surface area contributed by atoms with E-state index < -0.39 is 0 Å². The first-order valence-electron chi connectivity index (χ1n) is 7.07. The second-order valence-corrected chi connectivity index (χ2v) is 6.11. The van der Waals surface area contributed by atoms with Gasteiger partial charge < -0.3 is 10.6 Å². The van der Waals surface area contributed by atoms with Crippen LogP contribution < -0.4 is 5.73 Å². The molecule has 0 bridgehead atoms. The smallest absolute Gasteiger partial charge is 0.223 e. The minimum absolute atomic E-state index is 0.0865. The minimum Gasteiger partial charge on any atom is -0.337 e. The molecule has 0 radical (unpaired) electrons. The van der Waals surface area contributed by atoms with Gasteiger partial charge >= 0.3 is 0 Å². The van der Waals surface area contributed by atoms with Crippen molar-refractivity contribution in [2.45, 2.75) is 38.6 Å². The van der Waals surface area contributed by atoms with Crippen LogP contribution in [0.4, 0.5) is 0 Å². The van der Waals surface area contributed by atoms with Crippen molar-refractivity contribution in [2.75, 3.05) is 13.1 Å². The Balaban J connectivity index is 1.96. The van der Waals surface area contributed by atoms with Crippen molar-refractivity contribution >= 4 is 5.91 Å². The third-order valence-corrected chi connectivity index (χ3v) is 4.14. The number of nitrogens with zero attached hydrogens (tertiary/aromatic N) is 1. The number of nitrogens with two attached hydrogens (primary N) is 1. The van der Waals surface area contributed by atoms with Crippen LogP contribution in [0.1, 0.15) is 32.3 Å². The van der Waals surface area contributed by atoms with Crippen LogP contribution >= 0.6 is 0 Å². The summed E-state index contributed by atoms with van der Waals surface area (Å²) in [4.78, 5) is 14.1. The van der Waals surface area contributed by atoms with Crippen LogP contribution in [0.3, 0.4) is 0 Å². The molecular weight excluding hydrogens is 236 g/mol. The molecule has 19 heavy (non-hydrogen) atoms. The molecular formula is C16H24N2O. The van der Waals surface area contributed by atoms with Crippen LogP contribution in [0, 0.1) is 5.92 Å². The maximum Gasteiger partial charge on any atom is 0.223 e. The highest BCUT2D eigenvalue weighted by Gasteiger charge is 2.37. The Hall–Kier alpha value is -1.35. The lowest BCUT2D eigenvalue weighted by Gasteiger charge is -2.36. The molecule has 1 amide bonds. The summed E-state index contributed by atoms with van der Waals surface area (Å²) in [5.74, 6) is 0.594. The Bertz CT molecular complexity index is 428. The molecule has 0 saturated carbocycles. The molecule has 1 unspecified atom stereocenters. The van der Waals surface area contributed by atoms with Crippen LogP contribution in [0.15, 0.2) is 30.3 Å². The highest BCUT2D eigenvalue weighted by Crippen LogP contribution is 2.29. The Morgan fingerprint density at radius 1 is 1.32 bits per heavy atom. The zero-order valence-electron chi connectivity index (χ0n) is 11.9. The predicted octanol–water partition coefficient (Wildman–Crippen LogP) is 2.21. The molecule has 1 saturated heterocycles. The molecule has 1 atom stereocenters. The molecule has 1 aliphatic heterocycles. The van der Waals surface area contributed by atoms with Crippen molar-refractivity contribution in [3.63, 3.8) is 0 Å². The molecule has 1 aromatic rings. The highest BCUT2D eigenvalue weighted by atomic mass is 16.2. The summed E-state index contributed by atoms with van der Waals surface area (Å²) in [5, 5.41) is 0. The van der Waals surface area contributed by atoms with Crippen LogP contribution in [0.25, 0.3) is 0 Å². The average molecular weight is 260 g/mol. The summed E-state index contributed by atoms with van der Waals surface area (Å²) in [6.45, 7) is 5.74. The van der Waals surface area contributed by atoms with Crippen LogP contribution in [0.2, 0.25) is 0 Å². The van der Waals surface area contributed by atoms with E-state index in [0.29, 0.717) is 18.9 Å². The summed E-state index contributed by atoms with van der Waals surface area (Å²) < 4.78 is 0. The molecule has 0 spiro atoms. The number of benzene rings is 1. The van der Waals surface area contributed by atoms with E-state index in [9.17, 15) is 4.79 Å². The lowest BCUT2D eigenvalue weighted by Crippen LogP contribution is -2.45. The molecule has 3 heteroatoms. The van der Waals surface area contributed by atoms with Crippen LogP contribution in [-0.4, -0.2) is 29.4 Å². The van der Waals surface area contributed by atoms with Gasteiger partial charge in [-0.05, 0) is 44.7 Å². The van der Waals surface area contributed by atoms with Crippen LogP contribution in [-0.2, 0) is 11.2 Å². The zero-order chi connectivity index (χ0) is 13.9. The summed E-state index contributed by atoms with van der Waals surface area (Å²) in [7, 11) is 0. The second kappa shape index (κ2) is 5.74. The van der Waals surface area contributed by atoms with E-state index in [0.717, 1.165) is 19.4 Å². The monoisotopic (exact) mass is 260 g/mol. The van der Waals surface area contributed by atoms with Crippen LogP contribution in [0.5, 0.6) is 0 Å². The van der Waals surface area contributed by atoms with Crippen molar-refractivity contribution in [3.8, 4) is 0 Å². The fraction of sp³-hybridized carbons (Fsp3) is 0.562. The minimum atomic E-state index is -0.0865. The van der Waals surface area contributed by atoms with Gasteiger partial charge in [0, 0.05) is 18.5 Å². The first-order chi connectivity index (χ1) is 9.03. The third-order valence-electron chi connectivity index (χ3n) is 4.14. The molecule has 1 heterocycles. The Kier molecular flexibility index (Phi) is 4.25. The number of aryl methyl sites for hydroxylation is 1. The highest BCUT2D eigenvalue weighted by molar-refractivity contribution is 5.79. The first kappa shape index (κ1) is 14.1. The van der Waals surface area contributed by atoms with Crippen molar-refractivity contribution in [1.82, 2.24) is 4.90 Å². The molecule has 1 aromatic carbocycles. The fourth-order valence-electron chi connectivity index (χ4n) is 2.75. The number of hydrogen-bond acceptors (Lipinski definition) is 2. The third kappa shape index (κ3) is 3.35. The molecule has 3 nitrogen and oxygen atoms in total. The number of likely N-dealkylation sites (tertiary alicyclic amines) is 1. The van der Waals surface area contributed by atoms with Gasteiger partial charge in [0.15, 0.2) is 0 Å². The number of rotatable bonds is 5. The number of carbonyl (C=O) groups excluding carboxylic acids is 1. The molecule has 0 aromatic heterocycles. The summed E-state index contributed by atoms with van der Waals surface area (Å²) in [5.41, 5.74) is 6.93. The van der Waals surface area contributed by atoms with Crippen molar-refractivity contribution < 1.29 is 4.79 Å². The summed E-state index contributed by atoms with van der Waals surface area (Å²) in [6, 6.07) is 10.4. The van der Waals surface area contributed by atoms with Gasteiger partial charge in [-0.15, -0.1) is 0 Å². The van der Waals surface area contributed by atoms with Gasteiger partial charge in [-0.2, -0.15) is 0 Å². The molecule has 1 aliphatic rings. The normalized spacial score (nSPS) is 20.1. The van der Waals surface area contributed by atoms with Gasteiger partial charge in [-0.25, -0.2) is 0 Å².